The zero-order chi connectivity index (χ0) is 23.1. The van der Waals surface area contributed by atoms with Gasteiger partial charge in [-0.15, -0.1) is 12.4 Å². The summed E-state index contributed by atoms with van der Waals surface area (Å²) in [5.74, 6) is 2.03. The highest BCUT2D eigenvalue weighted by Crippen LogP contribution is 2.25. The molecule has 1 aliphatic rings. The molecule has 1 aliphatic heterocycles. The summed E-state index contributed by atoms with van der Waals surface area (Å²) in [7, 11) is 0. The molecule has 0 atom stereocenters. The van der Waals surface area contributed by atoms with Crippen molar-refractivity contribution in [2.45, 2.75) is 40.7 Å². The van der Waals surface area contributed by atoms with Crippen molar-refractivity contribution in [1.29, 1.82) is 5.26 Å². The number of ether oxygens (including phenoxy) is 1. The summed E-state index contributed by atoms with van der Waals surface area (Å²) in [6, 6.07) is 15.4. The summed E-state index contributed by atoms with van der Waals surface area (Å²) >= 11 is 0. The third kappa shape index (κ3) is 7.77. The lowest BCUT2D eigenvalue weighted by Crippen LogP contribution is -2.49. The van der Waals surface area contributed by atoms with Gasteiger partial charge in [0.15, 0.2) is 0 Å². The van der Waals surface area contributed by atoms with E-state index in [0.717, 1.165) is 61.6 Å². The molecule has 3 rings (SSSR count). The van der Waals surface area contributed by atoms with Gasteiger partial charge in [0.2, 0.25) is 0 Å². The number of carbonyl (C=O) groups excluding carboxylic acids is 1. The molecule has 1 amide bonds. The van der Waals surface area contributed by atoms with Gasteiger partial charge in [-0.05, 0) is 59.7 Å². The molecule has 0 spiro atoms. The first kappa shape index (κ1) is 26.7. The van der Waals surface area contributed by atoms with Crippen LogP contribution in [0.25, 0.3) is 0 Å². The average molecular weight is 470 g/mol. The minimum Gasteiger partial charge on any atom is -0.489 e. The number of hydrogen-bond acceptors (Lipinski definition) is 4. The molecule has 0 bridgehead atoms. The van der Waals surface area contributed by atoms with Crippen molar-refractivity contribution >= 4 is 18.3 Å². The fraction of sp³-hybridized carbons (Fsp3) is 0.481. The molecule has 1 heterocycles. The minimum atomic E-state index is 0. The van der Waals surface area contributed by atoms with Crippen LogP contribution in [0.2, 0.25) is 0 Å². The molecule has 178 valence electrons. The SMILES string of the molecule is CC(C)Cc1cc(C(=O)N2CCN(CC(C)C)CC2)ccc1OCc1ccc(C#N)cc1.Cl. The number of nitriles is 1. The molecular weight excluding hydrogens is 434 g/mol. The van der Waals surface area contributed by atoms with Gasteiger partial charge in [0.1, 0.15) is 12.4 Å². The lowest BCUT2D eigenvalue weighted by Gasteiger charge is -2.35. The molecule has 0 saturated carbocycles. The Hall–Kier alpha value is -2.55. The fourth-order valence-corrected chi connectivity index (χ4v) is 4.12. The number of hydrogen-bond donors (Lipinski definition) is 0. The van der Waals surface area contributed by atoms with Gasteiger partial charge in [0, 0.05) is 38.3 Å². The van der Waals surface area contributed by atoms with E-state index in [-0.39, 0.29) is 18.3 Å². The largest absolute Gasteiger partial charge is 0.489 e. The normalized spacial score (nSPS) is 14.2. The third-order valence-electron chi connectivity index (χ3n) is 5.70. The van der Waals surface area contributed by atoms with Crippen LogP contribution in [0.15, 0.2) is 42.5 Å². The second-order valence-electron chi connectivity index (χ2n) is 9.50. The van der Waals surface area contributed by atoms with Gasteiger partial charge in [-0.1, -0.05) is 39.8 Å². The van der Waals surface area contributed by atoms with Crippen molar-refractivity contribution in [3.8, 4) is 11.8 Å². The second kappa shape index (κ2) is 12.6. The van der Waals surface area contributed by atoms with Crippen LogP contribution in [0.3, 0.4) is 0 Å². The lowest BCUT2D eigenvalue weighted by molar-refractivity contribution is 0.0623. The first-order valence-corrected chi connectivity index (χ1v) is 11.6. The second-order valence-corrected chi connectivity index (χ2v) is 9.50. The topological polar surface area (TPSA) is 56.6 Å². The Morgan fingerprint density at radius 1 is 1.00 bits per heavy atom. The van der Waals surface area contributed by atoms with Crippen molar-refractivity contribution in [1.82, 2.24) is 9.80 Å². The summed E-state index contributed by atoms with van der Waals surface area (Å²) in [6.45, 7) is 13.8. The van der Waals surface area contributed by atoms with E-state index in [9.17, 15) is 4.79 Å². The highest BCUT2D eigenvalue weighted by atomic mass is 35.5. The van der Waals surface area contributed by atoms with E-state index in [1.807, 2.05) is 35.2 Å². The highest BCUT2D eigenvalue weighted by Gasteiger charge is 2.23. The number of halogens is 1. The number of piperazine rings is 1. The Labute approximate surface area is 204 Å². The quantitative estimate of drug-likeness (QED) is 0.535. The molecule has 1 fully saturated rings. The van der Waals surface area contributed by atoms with Crippen molar-refractivity contribution in [3.63, 3.8) is 0 Å². The Morgan fingerprint density at radius 3 is 2.24 bits per heavy atom. The van der Waals surface area contributed by atoms with E-state index in [4.69, 9.17) is 10.00 Å². The van der Waals surface area contributed by atoms with Crippen LogP contribution in [0.5, 0.6) is 5.75 Å². The summed E-state index contributed by atoms with van der Waals surface area (Å²) in [6.07, 6.45) is 0.853. The zero-order valence-electron chi connectivity index (χ0n) is 20.2. The van der Waals surface area contributed by atoms with Crippen molar-refractivity contribution in [2.24, 2.45) is 11.8 Å². The third-order valence-corrected chi connectivity index (χ3v) is 5.70. The summed E-state index contributed by atoms with van der Waals surface area (Å²) in [4.78, 5) is 17.6. The predicted molar refractivity (Wildman–Crippen MR) is 135 cm³/mol. The van der Waals surface area contributed by atoms with Crippen molar-refractivity contribution < 1.29 is 9.53 Å². The van der Waals surface area contributed by atoms with Crippen LogP contribution in [-0.4, -0.2) is 48.4 Å². The summed E-state index contributed by atoms with van der Waals surface area (Å²) in [5, 5.41) is 8.95. The van der Waals surface area contributed by atoms with Gasteiger partial charge in [0.25, 0.3) is 5.91 Å². The van der Waals surface area contributed by atoms with Crippen LogP contribution >= 0.6 is 12.4 Å². The molecule has 6 heteroatoms. The Balaban J connectivity index is 0.00000385. The number of benzene rings is 2. The maximum Gasteiger partial charge on any atom is 0.253 e. The molecule has 1 saturated heterocycles. The van der Waals surface area contributed by atoms with Gasteiger partial charge >= 0.3 is 0 Å². The molecule has 2 aromatic carbocycles. The van der Waals surface area contributed by atoms with Crippen LogP contribution in [0, 0.1) is 23.2 Å². The molecule has 0 aliphatic carbocycles. The van der Waals surface area contributed by atoms with E-state index in [0.29, 0.717) is 24.0 Å². The average Bonchev–Trinajstić information content (AvgIpc) is 2.78. The minimum absolute atomic E-state index is 0. The van der Waals surface area contributed by atoms with Crippen LogP contribution in [0.1, 0.15) is 54.7 Å². The first-order valence-electron chi connectivity index (χ1n) is 11.6. The number of rotatable bonds is 8. The van der Waals surface area contributed by atoms with E-state index in [1.54, 1.807) is 12.1 Å². The van der Waals surface area contributed by atoms with E-state index in [1.165, 1.54) is 0 Å². The molecule has 0 aromatic heterocycles. The Bertz CT molecular complexity index is 943. The van der Waals surface area contributed by atoms with E-state index in [2.05, 4.69) is 38.7 Å². The Kier molecular flexibility index (Phi) is 10.2. The van der Waals surface area contributed by atoms with Gasteiger partial charge in [-0.25, -0.2) is 0 Å². The molecule has 2 aromatic rings. The molecule has 33 heavy (non-hydrogen) atoms. The molecule has 0 unspecified atom stereocenters. The maximum absolute atomic E-state index is 13.2. The molecule has 5 nitrogen and oxygen atoms in total. The van der Waals surface area contributed by atoms with Crippen LogP contribution < -0.4 is 4.74 Å². The van der Waals surface area contributed by atoms with Gasteiger partial charge in [-0.2, -0.15) is 5.26 Å². The van der Waals surface area contributed by atoms with Crippen LogP contribution in [0.4, 0.5) is 0 Å². The van der Waals surface area contributed by atoms with Gasteiger partial charge in [0.05, 0.1) is 11.6 Å². The molecular formula is C27H36ClN3O2. The van der Waals surface area contributed by atoms with Gasteiger partial charge in [-0.3, -0.25) is 9.69 Å². The number of amides is 1. The fourth-order valence-electron chi connectivity index (χ4n) is 4.12. The molecule has 0 N–H and O–H groups in total. The zero-order valence-corrected chi connectivity index (χ0v) is 21.0. The van der Waals surface area contributed by atoms with E-state index >= 15 is 0 Å². The van der Waals surface area contributed by atoms with E-state index < -0.39 is 0 Å². The summed E-state index contributed by atoms with van der Waals surface area (Å²) in [5.41, 5.74) is 3.46. The monoisotopic (exact) mass is 469 g/mol. The standard InChI is InChI=1S/C27H35N3O2.ClH/c1-20(2)15-25-16-24(27(31)30-13-11-29(12-14-30)18-21(3)4)9-10-26(25)32-19-23-7-5-22(17-28)6-8-23;/h5-10,16,20-21H,11-15,18-19H2,1-4H3;1H. The molecule has 0 radical (unpaired) electrons. The number of carbonyl (C=O) groups is 1. The predicted octanol–water partition coefficient (Wildman–Crippen LogP) is 5.17. The Morgan fingerprint density at radius 2 is 1.67 bits per heavy atom. The van der Waals surface area contributed by atoms with Crippen molar-refractivity contribution in [2.75, 3.05) is 32.7 Å². The van der Waals surface area contributed by atoms with Crippen molar-refractivity contribution in [3.05, 3.63) is 64.7 Å². The number of nitrogens with zero attached hydrogens (tertiary/aromatic N) is 3. The van der Waals surface area contributed by atoms with Gasteiger partial charge < -0.3 is 9.64 Å². The van der Waals surface area contributed by atoms with Crippen LogP contribution in [-0.2, 0) is 13.0 Å². The smallest absolute Gasteiger partial charge is 0.253 e. The highest BCUT2D eigenvalue weighted by molar-refractivity contribution is 5.94. The lowest BCUT2D eigenvalue weighted by atomic mass is 9.99. The maximum atomic E-state index is 13.2. The first-order chi connectivity index (χ1) is 15.4. The summed E-state index contributed by atoms with van der Waals surface area (Å²) < 4.78 is 6.11.